The second kappa shape index (κ2) is 7.59. The molecule has 1 fully saturated rings. The van der Waals surface area contributed by atoms with Gasteiger partial charge in [0, 0.05) is 11.7 Å². The zero-order valence-corrected chi connectivity index (χ0v) is 14.0. The van der Waals surface area contributed by atoms with Crippen molar-refractivity contribution in [1.82, 2.24) is 5.32 Å². The van der Waals surface area contributed by atoms with Gasteiger partial charge in [-0.1, -0.05) is 25.5 Å². The van der Waals surface area contributed by atoms with Gasteiger partial charge in [-0.15, -0.1) is 0 Å². The minimum atomic E-state index is -3.08. The lowest BCUT2D eigenvalue weighted by atomic mass is 10.1. The van der Waals surface area contributed by atoms with Crippen LogP contribution in [0.4, 0.5) is 5.69 Å². The van der Waals surface area contributed by atoms with Crippen molar-refractivity contribution >= 4 is 27.3 Å². The van der Waals surface area contributed by atoms with Crippen molar-refractivity contribution in [2.24, 2.45) is 0 Å². The van der Waals surface area contributed by atoms with Crippen molar-refractivity contribution in [3.8, 4) is 0 Å². The van der Waals surface area contributed by atoms with E-state index in [1.807, 2.05) is 12.1 Å². The molecular weight excluding hydrogens is 316 g/mol. The first-order valence-corrected chi connectivity index (χ1v) is 9.63. The zero-order chi connectivity index (χ0) is 16.9. The van der Waals surface area contributed by atoms with E-state index >= 15 is 0 Å². The highest BCUT2D eigenvalue weighted by Gasteiger charge is 2.30. The van der Waals surface area contributed by atoms with Gasteiger partial charge >= 0.3 is 11.8 Å². The molecule has 0 aliphatic carbocycles. The molecule has 2 N–H and O–H groups in total. The average Bonchev–Trinajstić information content (AvgIpc) is 2.85. The Morgan fingerprint density at radius 1 is 1.17 bits per heavy atom. The molecule has 1 unspecified atom stereocenters. The molecule has 7 heteroatoms. The lowest BCUT2D eigenvalue weighted by molar-refractivity contribution is -0.136. The van der Waals surface area contributed by atoms with Crippen LogP contribution in [0.5, 0.6) is 0 Å². The summed E-state index contributed by atoms with van der Waals surface area (Å²) in [7, 11) is -3.08. The summed E-state index contributed by atoms with van der Waals surface area (Å²) in [6, 6.07) is 6.89. The monoisotopic (exact) mass is 338 g/mol. The molecule has 0 bridgehead atoms. The smallest absolute Gasteiger partial charge is 0.313 e. The van der Waals surface area contributed by atoms with Gasteiger partial charge in [-0.05, 0) is 37.0 Å². The second-order valence-corrected chi connectivity index (χ2v) is 8.06. The first kappa shape index (κ1) is 17.5. The number of sulfone groups is 1. The largest absolute Gasteiger partial charge is 0.344 e. The maximum absolute atomic E-state index is 11.8. The molecule has 126 valence electrons. The second-order valence-electron chi connectivity index (χ2n) is 5.83. The highest BCUT2D eigenvalue weighted by molar-refractivity contribution is 7.91. The van der Waals surface area contributed by atoms with Gasteiger partial charge in [0.2, 0.25) is 0 Å². The van der Waals surface area contributed by atoms with E-state index in [2.05, 4.69) is 17.6 Å². The summed E-state index contributed by atoms with van der Waals surface area (Å²) in [4.78, 5) is 23.7. The van der Waals surface area contributed by atoms with Crippen molar-refractivity contribution in [3.63, 3.8) is 0 Å². The minimum absolute atomic E-state index is 0.0544. The third-order valence-corrected chi connectivity index (χ3v) is 5.57. The molecule has 0 spiro atoms. The lowest BCUT2D eigenvalue weighted by Crippen LogP contribution is -2.42. The fraction of sp³-hybridized carbons (Fsp3) is 0.500. The van der Waals surface area contributed by atoms with Gasteiger partial charge in [-0.25, -0.2) is 8.42 Å². The molecule has 1 aromatic carbocycles. The summed E-state index contributed by atoms with van der Waals surface area (Å²) in [5.74, 6) is -1.63. The number of anilines is 1. The highest BCUT2D eigenvalue weighted by Crippen LogP contribution is 2.13. The Kier molecular flexibility index (Phi) is 5.76. The fourth-order valence-corrected chi connectivity index (χ4v) is 4.16. The van der Waals surface area contributed by atoms with Crippen LogP contribution in [0, 0.1) is 0 Å². The van der Waals surface area contributed by atoms with Crippen LogP contribution in [0.1, 0.15) is 31.7 Å². The van der Waals surface area contributed by atoms with Crippen LogP contribution in [0.2, 0.25) is 0 Å². The van der Waals surface area contributed by atoms with E-state index in [-0.39, 0.29) is 11.5 Å². The molecule has 1 aliphatic heterocycles. The average molecular weight is 338 g/mol. The van der Waals surface area contributed by atoms with Crippen molar-refractivity contribution in [1.29, 1.82) is 0 Å². The molecule has 1 aromatic rings. The van der Waals surface area contributed by atoms with E-state index in [0.29, 0.717) is 12.1 Å². The molecule has 6 nitrogen and oxygen atoms in total. The van der Waals surface area contributed by atoms with Crippen LogP contribution in [-0.4, -0.2) is 37.8 Å². The van der Waals surface area contributed by atoms with Crippen molar-refractivity contribution in [2.45, 2.75) is 38.6 Å². The number of rotatable bonds is 5. The summed E-state index contributed by atoms with van der Waals surface area (Å²) < 4.78 is 22.7. The number of carbonyl (C=O) groups is 2. The quantitative estimate of drug-likeness (QED) is 0.791. The number of aryl methyl sites for hydroxylation is 1. The predicted octanol–water partition coefficient (Wildman–Crippen LogP) is 1.27. The standard InChI is InChI=1S/C16H22N2O4S/c1-2-3-4-12-5-7-13(8-6-12)17-15(19)16(20)18-14-9-10-23(21,22)11-14/h5-8,14H,2-4,9-11H2,1H3,(H,17,19)(H,18,20). The number of carbonyl (C=O) groups excluding carboxylic acids is 2. The molecular formula is C16H22N2O4S. The normalized spacial score (nSPS) is 19.3. The number of hydrogen-bond donors (Lipinski definition) is 2. The molecule has 0 aromatic heterocycles. The van der Waals surface area contributed by atoms with Gasteiger partial charge in [0.25, 0.3) is 0 Å². The number of benzene rings is 1. The lowest BCUT2D eigenvalue weighted by Gasteiger charge is -2.11. The van der Waals surface area contributed by atoms with Crippen molar-refractivity contribution in [3.05, 3.63) is 29.8 Å². The summed E-state index contributed by atoms with van der Waals surface area (Å²) in [5, 5.41) is 4.98. The Labute approximate surface area is 136 Å². The van der Waals surface area contributed by atoms with Gasteiger partial charge in [0.1, 0.15) is 0 Å². The first-order valence-electron chi connectivity index (χ1n) is 7.81. The van der Waals surface area contributed by atoms with Crippen LogP contribution >= 0.6 is 0 Å². The molecule has 23 heavy (non-hydrogen) atoms. The van der Waals surface area contributed by atoms with E-state index < -0.39 is 27.7 Å². The molecule has 2 rings (SSSR count). The van der Waals surface area contributed by atoms with Crippen LogP contribution in [-0.2, 0) is 25.8 Å². The molecule has 1 heterocycles. The van der Waals surface area contributed by atoms with E-state index in [1.165, 1.54) is 5.56 Å². The van der Waals surface area contributed by atoms with Crippen molar-refractivity contribution in [2.75, 3.05) is 16.8 Å². The van der Waals surface area contributed by atoms with E-state index in [9.17, 15) is 18.0 Å². The Morgan fingerprint density at radius 3 is 2.43 bits per heavy atom. The Hall–Kier alpha value is -1.89. The first-order chi connectivity index (χ1) is 10.9. The zero-order valence-electron chi connectivity index (χ0n) is 13.2. The van der Waals surface area contributed by atoms with E-state index in [0.717, 1.165) is 19.3 Å². The molecule has 0 radical (unpaired) electrons. The van der Waals surface area contributed by atoms with Crippen LogP contribution in [0.3, 0.4) is 0 Å². The molecule has 1 aliphatic rings. The Bertz CT molecular complexity index is 668. The molecule has 2 amide bonds. The summed E-state index contributed by atoms with van der Waals surface area (Å²) in [5.41, 5.74) is 1.73. The van der Waals surface area contributed by atoms with E-state index in [4.69, 9.17) is 0 Å². The Balaban J connectivity index is 1.85. The van der Waals surface area contributed by atoms with Crippen molar-refractivity contribution < 1.29 is 18.0 Å². The third-order valence-electron chi connectivity index (χ3n) is 3.80. The number of amides is 2. The summed E-state index contributed by atoms with van der Waals surface area (Å²) in [6.45, 7) is 2.13. The summed E-state index contributed by atoms with van der Waals surface area (Å²) in [6.07, 6.45) is 3.57. The topological polar surface area (TPSA) is 92.3 Å². The number of nitrogens with one attached hydrogen (secondary N) is 2. The Morgan fingerprint density at radius 2 is 1.87 bits per heavy atom. The SMILES string of the molecule is CCCCc1ccc(NC(=O)C(=O)NC2CCS(=O)(=O)C2)cc1. The summed E-state index contributed by atoms with van der Waals surface area (Å²) >= 11 is 0. The van der Waals surface area contributed by atoms with Gasteiger partial charge in [-0.2, -0.15) is 0 Å². The van der Waals surface area contributed by atoms with Gasteiger partial charge in [-0.3, -0.25) is 9.59 Å². The number of hydrogen-bond acceptors (Lipinski definition) is 4. The molecule has 1 atom stereocenters. The molecule has 1 saturated heterocycles. The third kappa shape index (κ3) is 5.35. The minimum Gasteiger partial charge on any atom is -0.344 e. The van der Waals surface area contributed by atoms with Gasteiger partial charge in [0.05, 0.1) is 11.5 Å². The van der Waals surface area contributed by atoms with E-state index in [1.54, 1.807) is 12.1 Å². The highest BCUT2D eigenvalue weighted by atomic mass is 32.2. The van der Waals surface area contributed by atoms with Crippen LogP contribution < -0.4 is 10.6 Å². The maximum atomic E-state index is 11.8. The van der Waals surface area contributed by atoms with Crippen LogP contribution in [0.15, 0.2) is 24.3 Å². The molecule has 0 saturated carbocycles. The predicted molar refractivity (Wildman–Crippen MR) is 88.9 cm³/mol. The maximum Gasteiger partial charge on any atom is 0.313 e. The number of unbranched alkanes of at least 4 members (excludes halogenated alkanes) is 1. The van der Waals surface area contributed by atoms with Gasteiger partial charge in [0.15, 0.2) is 9.84 Å². The van der Waals surface area contributed by atoms with Gasteiger partial charge < -0.3 is 10.6 Å². The fourth-order valence-electron chi connectivity index (χ4n) is 2.48. The van der Waals surface area contributed by atoms with Crippen LogP contribution in [0.25, 0.3) is 0 Å².